The smallest absolute Gasteiger partial charge is 0.259 e. The summed E-state index contributed by atoms with van der Waals surface area (Å²) in [5.74, 6) is 5.88. The van der Waals surface area contributed by atoms with Gasteiger partial charge in [0.1, 0.15) is 6.61 Å². The second-order valence-corrected chi connectivity index (χ2v) is 3.69. The lowest BCUT2D eigenvalue weighted by atomic mass is 10.1. The van der Waals surface area contributed by atoms with Crippen LogP contribution in [0.2, 0.25) is 0 Å². The van der Waals surface area contributed by atoms with E-state index in [1.54, 1.807) is 14.2 Å². The summed E-state index contributed by atoms with van der Waals surface area (Å²) in [6.45, 7) is 2.16. The second-order valence-electron chi connectivity index (χ2n) is 3.69. The number of hydrazine groups is 1. The largest absolute Gasteiger partial charge is 0.493 e. The molecule has 0 heterocycles. The van der Waals surface area contributed by atoms with Gasteiger partial charge in [-0.05, 0) is 30.2 Å². The van der Waals surface area contributed by atoms with E-state index in [9.17, 15) is 4.79 Å². The van der Waals surface area contributed by atoms with E-state index in [0.717, 1.165) is 11.1 Å². The van der Waals surface area contributed by atoms with Crippen LogP contribution in [0.15, 0.2) is 12.1 Å². The summed E-state index contributed by atoms with van der Waals surface area (Å²) >= 11 is 0. The molecule has 0 aromatic heterocycles. The van der Waals surface area contributed by atoms with Gasteiger partial charge in [-0.1, -0.05) is 0 Å². The van der Waals surface area contributed by atoms with E-state index < -0.39 is 0 Å². The molecule has 1 rings (SSSR count). The van der Waals surface area contributed by atoms with Crippen molar-refractivity contribution in [3.63, 3.8) is 0 Å². The van der Waals surface area contributed by atoms with Crippen molar-refractivity contribution < 1.29 is 19.0 Å². The van der Waals surface area contributed by atoms with Gasteiger partial charge in [-0.3, -0.25) is 10.2 Å². The first-order valence-corrected chi connectivity index (χ1v) is 5.41. The Labute approximate surface area is 106 Å². The van der Waals surface area contributed by atoms with Crippen LogP contribution < -0.4 is 20.7 Å². The third-order valence-corrected chi connectivity index (χ3v) is 2.49. The van der Waals surface area contributed by atoms with Crippen LogP contribution in [0.1, 0.15) is 11.1 Å². The molecule has 100 valence electrons. The standard InChI is InChI=1S/C12H18N2O4/c1-8-4-10(16-2)11(17-3)5-9(8)6-18-7-12(15)14-13/h4-5H,6-7,13H2,1-3H3,(H,14,15). The van der Waals surface area contributed by atoms with Crippen LogP contribution in [0.25, 0.3) is 0 Å². The lowest BCUT2D eigenvalue weighted by Gasteiger charge is -2.12. The Bertz CT molecular complexity index is 421. The molecule has 1 aromatic carbocycles. The maximum Gasteiger partial charge on any atom is 0.259 e. The summed E-state index contributed by atoms with van der Waals surface area (Å²) in [5.41, 5.74) is 3.93. The van der Waals surface area contributed by atoms with Crippen molar-refractivity contribution in [3.05, 3.63) is 23.3 Å². The van der Waals surface area contributed by atoms with Crippen molar-refractivity contribution in [2.45, 2.75) is 13.5 Å². The number of aryl methyl sites for hydroxylation is 1. The normalized spacial score (nSPS) is 10.0. The maximum absolute atomic E-state index is 10.9. The number of amides is 1. The molecule has 1 amide bonds. The number of hydrogen-bond donors (Lipinski definition) is 2. The van der Waals surface area contributed by atoms with Crippen LogP contribution in [0.3, 0.4) is 0 Å². The van der Waals surface area contributed by atoms with Crippen molar-refractivity contribution in [2.75, 3.05) is 20.8 Å². The molecule has 0 bridgehead atoms. The summed E-state index contributed by atoms with van der Waals surface area (Å²) in [4.78, 5) is 10.9. The van der Waals surface area contributed by atoms with Gasteiger partial charge in [0.15, 0.2) is 11.5 Å². The Morgan fingerprint density at radius 1 is 1.28 bits per heavy atom. The minimum atomic E-state index is -0.367. The van der Waals surface area contributed by atoms with Gasteiger partial charge in [-0.2, -0.15) is 0 Å². The molecule has 6 heteroatoms. The molecule has 3 N–H and O–H groups in total. The Hall–Kier alpha value is -1.79. The van der Waals surface area contributed by atoms with E-state index in [4.69, 9.17) is 20.1 Å². The van der Waals surface area contributed by atoms with Crippen molar-refractivity contribution in [1.29, 1.82) is 0 Å². The molecule has 0 fully saturated rings. The average molecular weight is 254 g/mol. The van der Waals surface area contributed by atoms with Crippen LogP contribution in [-0.4, -0.2) is 26.7 Å². The number of carbonyl (C=O) groups excluding carboxylic acids is 1. The maximum atomic E-state index is 10.9. The third-order valence-electron chi connectivity index (χ3n) is 2.49. The zero-order chi connectivity index (χ0) is 13.5. The van der Waals surface area contributed by atoms with Gasteiger partial charge < -0.3 is 14.2 Å². The first kappa shape index (κ1) is 14.3. The molecule has 0 radical (unpaired) electrons. The molecule has 6 nitrogen and oxygen atoms in total. The number of nitrogens with one attached hydrogen (secondary N) is 1. The molecule has 0 spiro atoms. The SMILES string of the molecule is COc1cc(C)c(COCC(=O)NN)cc1OC. The molecular weight excluding hydrogens is 236 g/mol. The van der Waals surface area contributed by atoms with Crippen LogP contribution >= 0.6 is 0 Å². The number of hydrogen-bond acceptors (Lipinski definition) is 5. The highest BCUT2D eigenvalue weighted by atomic mass is 16.5. The van der Waals surface area contributed by atoms with E-state index in [1.807, 2.05) is 24.5 Å². The third kappa shape index (κ3) is 3.61. The minimum absolute atomic E-state index is 0.0791. The fourth-order valence-electron chi connectivity index (χ4n) is 1.47. The van der Waals surface area contributed by atoms with Crippen LogP contribution in [0, 0.1) is 6.92 Å². The molecule has 0 unspecified atom stereocenters. The second kappa shape index (κ2) is 6.83. The lowest BCUT2D eigenvalue weighted by molar-refractivity contribution is -0.126. The Morgan fingerprint density at radius 3 is 2.44 bits per heavy atom. The predicted octanol–water partition coefficient (Wildman–Crippen LogP) is 0.519. The lowest BCUT2D eigenvalue weighted by Crippen LogP contribution is -2.33. The molecular formula is C12H18N2O4. The summed E-state index contributed by atoms with van der Waals surface area (Å²) in [6.07, 6.45) is 0. The van der Waals surface area contributed by atoms with E-state index in [0.29, 0.717) is 18.1 Å². The first-order valence-electron chi connectivity index (χ1n) is 5.41. The highest BCUT2D eigenvalue weighted by Gasteiger charge is 2.09. The zero-order valence-corrected chi connectivity index (χ0v) is 10.8. The number of rotatable bonds is 6. The first-order chi connectivity index (χ1) is 8.62. The quantitative estimate of drug-likeness (QED) is 0.439. The molecule has 0 aliphatic carbocycles. The average Bonchev–Trinajstić information content (AvgIpc) is 2.39. The van der Waals surface area contributed by atoms with Crippen molar-refractivity contribution in [2.24, 2.45) is 5.84 Å². The zero-order valence-electron chi connectivity index (χ0n) is 10.8. The van der Waals surface area contributed by atoms with Crippen LogP contribution in [-0.2, 0) is 16.1 Å². The summed E-state index contributed by atoms with van der Waals surface area (Å²) in [5, 5.41) is 0. The Morgan fingerprint density at radius 2 is 1.89 bits per heavy atom. The highest BCUT2D eigenvalue weighted by molar-refractivity contribution is 5.76. The predicted molar refractivity (Wildman–Crippen MR) is 66.3 cm³/mol. The Balaban J connectivity index is 2.73. The van der Waals surface area contributed by atoms with Gasteiger partial charge in [-0.25, -0.2) is 5.84 Å². The van der Waals surface area contributed by atoms with E-state index in [1.165, 1.54) is 0 Å². The van der Waals surface area contributed by atoms with Gasteiger partial charge in [0.25, 0.3) is 5.91 Å². The Kier molecular flexibility index (Phi) is 5.41. The molecule has 0 atom stereocenters. The van der Waals surface area contributed by atoms with Crippen LogP contribution in [0.4, 0.5) is 0 Å². The van der Waals surface area contributed by atoms with Crippen molar-refractivity contribution in [3.8, 4) is 11.5 Å². The fourth-order valence-corrected chi connectivity index (χ4v) is 1.47. The molecule has 0 saturated heterocycles. The van der Waals surface area contributed by atoms with Crippen LogP contribution in [0.5, 0.6) is 11.5 Å². The van der Waals surface area contributed by atoms with E-state index in [2.05, 4.69) is 0 Å². The summed E-state index contributed by atoms with van der Waals surface area (Å²) < 4.78 is 15.6. The number of methoxy groups -OCH3 is 2. The van der Waals surface area contributed by atoms with Gasteiger partial charge >= 0.3 is 0 Å². The van der Waals surface area contributed by atoms with E-state index >= 15 is 0 Å². The molecule has 0 aliphatic heterocycles. The van der Waals surface area contributed by atoms with Gasteiger partial charge in [0.2, 0.25) is 0 Å². The molecule has 1 aromatic rings. The number of ether oxygens (including phenoxy) is 3. The molecule has 0 saturated carbocycles. The van der Waals surface area contributed by atoms with Gasteiger partial charge in [0.05, 0.1) is 20.8 Å². The summed E-state index contributed by atoms with van der Waals surface area (Å²) in [7, 11) is 3.15. The number of nitrogens with two attached hydrogens (primary N) is 1. The van der Waals surface area contributed by atoms with Crippen molar-refractivity contribution in [1.82, 2.24) is 5.43 Å². The minimum Gasteiger partial charge on any atom is -0.493 e. The van der Waals surface area contributed by atoms with Crippen molar-refractivity contribution >= 4 is 5.91 Å². The van der Waals surface area contributed by atoms with E-state index in [-0.39, 0.29) is 12.5 Å². The molecule has 18 heavy (non-hydrogen) atoms. The summed E-state index contributed by atoms with van der Waals surface area (Å²) in [6, 6.07) is 3.69. The topological polar surface area (TPSA) is 82.8 Å². The van der Waals surface area contributed by atoms with Gasteiger partial charge in [-0.15, -0.1) is 0 Å². The molecule has 0 aliphatic rings. The van der Waals surface area contributed by atoms with Gasteiger partial charge in [0, 0.05) is 0 Å². The number of carbonyl (C=O) groups is 1. The highest BCUT2D eigenvalue weighted by Crippen LogP contribution is 2.30. The monoisotopic (exact) mass is 254 g/mol. The number of benzene rings is 1. The fraction of sp³-hybridized carbons (Fsp3) is 0.417.